The zero-order valence-corrected chi connectivity index (χ0v) is 30.4. The Labute approximate surface area is 299 Å². The van der Waals surface area contributed by atoms with Crippen LogP contribution in [0.2, 0.25) is 0 Å². The molecule has 1 fully saturated rings. The second-order valence-electron chi connectivity index (χ2n) is 14.8. The van der Waals surface area contributed by atoms with Crippen molar-refractivity contribution in [2.24, 2.45) is 11.8 Å². The number of ether oxygens (including phenoxy) is 1. The number of H-pyrrole nitrogens is 1. The lowest BCUT2D eigenvalue weighted by molar-refractivity contribution is -0.130. The summed E-state index contributed by atoms with van der Waals surface area (Å²) in [6.07, 6.45) is 4.39. The number of nitrogens with zero attached hydrogens (tertiary/aromatic N) is 1. The Morgan fingerprint density at radius 1 is 0.922 bits per heavy atom. The van der Waals surface area contributed by atoms with Gasteiger partial charge in [0.1, 0.15) is 11.6 Å². The molecule has 1 aliphatic rings. The third-order valence-corrected chi connectivity index (χ3v) is 9.09. The molecule has 11 nitrogen and oxygen atoms in total. The molecule has 0 unspecified atom stereocenters. The molecule has 0 radical (unpaired) electrons. The lowest BCUT2D eigenvalue weighted by atomic mass is 9.81. The second-order valence-corrected chi connectivity index (χ2v) is 14.8. The molecule has 1 atom stereocenters. The topological polar surface area (TPSA) is 154 Å². The summed E-state index contributed by atoms with van der Waals surface area (Å²) in [5.41, 5.74) is 6.12. The summed E-state index contributed by atoms with van der Waals surface area (Å²) in [4.78, 5) is 59.3. The van der Waals surface area contributed by atoms with Gasteiger partial charge in [0.2, 0.25) is 11.8 Å². The largest absolute Gasteiger partial charge is 0.444 e. The van der Waals surface area contributed by atoms with E-state index in [1.54, 1.807) is 12.4 Å². The van der Waals surface area contributed by atoms with E-state index in [2.05, 4.69) is 31.2 Å². The highest BCUT2D eigenvalue weighted by molar-refractivity contribution is 5.99. The van der Waals surface area contributed by atoms with E-state index in [4.69, 9.17) is 4.74 Å². The molecular weight excluding hydrogens is 644 g/mol. The van der Waals surface area contributed by atoms with Crippen molar-refractivity contribution in [3.05, 3.63) is 83.7 Å². The standard InChI is InChI=1S/C40H50N6O5/c1-24(2)44-37(48)30-15-17-32(25(3)19-30)28-11-7-26(8-12-28)20-35(38(49)45-31-16-18-33-34(21-31)43-23-42-33)46-36(47)29-13-9-27(10-14-29)22-41-39(50)51-40(4,5)6/h7-8,11-12,15-19,21,23-24,27,29,35H,9-10,13-14,20,22H2,1-6H3,(H,41,50)(H,42,43)(H,44,48)(H,45,49)(H,46,47)/t27-,29-,35-/m0/s1. The number of anilines is 1. The lowest BCUT2D eigenvalue weighted by Gasteiger charge is -2.29. The number of aromatic nitrogens is 2. The van der Waals surface area contributed by atoms with Crippen molar-refractivity contribution in [1.29, 1.82) is 0 Å². The quantitative estimate of drug-likeness (QED) is 0.118. The molecule has 0 spiro atoms. The molecule has 5 N–H and O–H groups in total. The fraction of sp³-hybridized carbons (Fsp3) is 0.425. The van der Waals surface area contributed by atoms with Crippen LogP contribution in [-0.4, -0.2) is 58.0 Å². The van der Waals surface area contributed by atoms with Crippen LogP contribution < -0.4 is 21.3 Å². The number of aryl methyl sites for hydroxylation is 1. The van der Waals surface area contributed by atoms with E-state index in [1.165, 1.54) is 0 Å². The van der Waals surface area contributed by atoms with Crippen molar-refractivity contribution >= 4 is 40.5 Å². The second kappa shape index (κ2) is 16.2. The van der Waals surface area contributed by atoms with Crippen molar-refractivity contribution in [1.82, 2.24) is 25.9 Å². The molecule has 3 aromatic carbocycles. The molecule has 1 aliphatic carbocycles. The van der Waals surface area contributed by atoms with Crippen molar-refractivity contribution in [2.75, 3.05) is 11.9 Å². The Morgan fingerprint density at radius 3 is 2.31 bits per heavy atom. The van der Waals surface area contributed by atoms with E-state index in [1.807, 2.05) is 96.1 Å². The fourth-order valence-corrected chi connectivity index (χ4v) is 6.44. The van der Waals surface area contributed by atoms with Gasteiger partial charge in [-0.05, 0) is 126 Å². The minimum Gasteiger partial charge on any atom is -0.444 e. The Balaban J connectivity index is 1.25. The predicted octanol–water partition coefficient (Wildman–Crippen LogP) is 6.67. The molecule has 1 saturated carbocycles. The smallest absolute Gasteiger partial charge is 0.407 e. The maximum absolute atomic E-state index is 13.8. The van der Waals surface area contributed by atoms with Crippen molar-refractivity contribution in [3.8, 4) is 11.1 Å². The number of rotatable bonds is 11. The molecule has 270 valence electrons. The molecular formula is C40H50N6O5. The Bertz CT molecular complexity index is 1850. The van der Waals surface area contributed by atoms with E-state index in [-0.39, 0.29) is 35.6 Å². The first-order valence-electron chi connectivity index (χ1n) is 17.8. The van der Waals surface area contributed by atoms with Crippen LogP contribution in [0.25, 0.3) is 22.2 Å². The van der Waals surface area contributed by atoms with E-state index in [0.717, 1.165) is 46.1 Å². The predicted molar refractivity (Wildman–Crippen MR) is 199 cm³/mol. The molecule has 5 rings (SSSR count). The zero-order valence-electron chi connectivity index (χ0n) is 30.4. The van der Waals surface area contributed by atoms with Gasteiger partial charge in [-0.15, -0.1) is 0 Å². The van der Waals surface area contributed by atoms with Gasteiger partial charge in [-0.2, -0.15) is 0 Å². The average Bonchev–Trinajstić information content (AvgIpc) is 3.55. The Kier molecular flexibility index (Phi) is 11.8. The van der Waals surface area contributed by atoms with Crippen LogP contribution in [0.15, 0.2) is 67.0 Å². The highest BCUT2D eigenvalue weighted by atomic mass is 16.6. The Morgan fingerprint density at radius 2 is 1.65 bits per heavy atom. The molecule has 4 amide bonds. The number of hydrogen-bond acceptors (Lipinski definition) is 6. The molecule has 51 heavy (non-hydrogen) atoms. The zero-order chi connectivity index (χ0) is 36.7. The maximum Gasteiger partial charge on any atom is 0.407 e. The number of amides is 4. The highest BCUT2D eigenvalue weighted by Gasteiger charge is 2.30. The van der Waals surface area contributed by atoms with E-state index >= 15 is 0 Å². The van der Waals surface area contributed by atoms with Crippen LogP contribution in [0.3, 0.4) is 0 Å². The number of alkyl carbamates (subject to hydrolysis) is 1. The number of imidazole rings is 1. The van der Waals surface area contributed by atoms with E-state index in [0.29, 0.717) is 37.1 Å². The van der Waals surface area contributed by atoms with Gasteiger partial charge in [0, 0.05) is 36.2 Å². The minimum atomic E-state index is -0.812. The monoisotopic (exact) mass is 694 g/mol. The minimum absolute atomic E-state index is 0.0514. The van der Waals surface area contributed by atoms with E-state index < -0.39 is 17.7 Å². The summed E-state index contributed by atoms with van der Waals surface area (Å²) in [6.45, 7) is 11.8. The third-order valence-electron chi connectivity index (χ3n) is 9.09. The van der Waals surface area contributed by atoms with Crippen LogP contribution in [0.5, 0.6) is 0 Å². The summed E-state index contributed by atoms with van der Waals surface area (Å²) in [6, 6.07) is 18.3. The van der Waals surface area contributed by atoms with Gasteiger partial charge < -0.3 is 31.0 Å². The van der Waals surface area contributed by atoms with Crippen LogP contribution in [0.1, 0.15) is 81.8 Å². The number of carbonyl (C=O) groups excluding carboxylic acids is 4. The average molecular weight is 695 g/mol. The van der Waals surface area contributed by atoms with Gasteiger partial charge in [0.15, 0.2) is 0 Å². The Hall–Kier alpha value is -5.19. The first-order chi connectivity index (χ1) is 24.2. The van der Waals surface area contributed by atoms with Crippen LogP contribution in [-0.2, 0) is 20.7 Å². The third kappa shape index (κ3) is 10.4. The van der Waals surface area contributed by atoms with Crippen LogP contribution >= 0.6 is 0 Å². The normalized spacial score (nSPS) is 16.7. The SMILES string of the molecule is Cc1cc(C(=O)NC(C)C)ccc1-c1ccc(C[C@H](NC(=O)[C@H]2CC[C@H](CNC(=O)OC(C)(C)C)CC2)C(=O)Nc2ccc3nc[nH]c3c2)cc1. The van der Waals surface area contributed by atoms with Gasteiger partial charge in [-0.1, -0.05) is 30.3 Å². The summed E-state index contributed by atoms with van der Waals surface area (Å²) < 4.78 is 5.35. The summed E-state index contributed by atoms with van der Waals surface area (Å²) in [5.74, 6) is -0.530. The number of fused-ring (bicyclic) bond motifs is 1. The summed E-state index contributed by atoms with van der Waals surface area (Å²) >= 11 is 0. The molecule has 0 saturated heterocycles. The fourth-order valence-electron chi connectivity index (χ4n) is 6.44. The first-order valence-corrected chi connectivity index (χ1v) is 17.8. The van der Waals surface area contributed by atoms with Gasteiger partial charge in [0.25, 0.3) is 5.91 Å². The summed E-state index contributed by atoms with van der Waals surface area (Å²) in [5, 5.41) is 11.8. The van der Waals surface area contributed by atoms with Gasteiger partial charge in [-0.25, -0.2) is 9.78 Å². The lowest BCUT2D eigenvalue weighted by Crippen LogP contribution is -2.48. The van der Waals surface area contributed by atoms with Gasteiger partial charge in [-0.3, -0.25) is 14.4 Å². The number of nitrogens with one attached hydrogen (secondary N) is 5. The van der Waals surface area contributed by atoms with Crippen molar-refractivity contribution < 1.29 is 23.9 Å². The van der Waals surface area contributed by atoms with Crippen molar-refractivity contribution in [2.45, 2.75) is 91.3 Å². The van der Waals surface area contributed by atoms with E-state index in [9.17, 15) is 19.2 Å². The van der Waals surface area contributed by atoms with Gasteiger partial charge >= 0.3 is 6.09 Å². The molecule has 0 bridgehead atoms. The molecule has 1 heterocycles. The number of hydrogen-bond donors (Lipinski definition) is 5. The number of aromatic amines is 1. The molecule has 11 heteroatoms. The number of carbonyl (C=O) groups is 4. The first kappa shape index (κ1) is 37.1. The molecule has 1 aromatic heterocycles. The van der Waals surface area contributed by atoms with Crippen molar-refractivity contribution in [3.63, 3.8) is 0 Å². The maximum atomic E-state index is 13.8. The van der Waals surface area contributed by atoms with Gasteiger partial charge in [0.05, 0.1) is 17.4 Å². The highest BCUT2D eigenvalue weighted by Crippen LogP contribution is 2.29. The number of benzene rings is 3. The van der Waals surface area contributed by atoms with Crippen LogP contribution in [0.4, 0.5) is 10.5 Å². The van der Waals surface area contributed by atoms with Crippen LogP contribution in [0, 0.1) is 18.8 Å². The molecule has 4 aromatic rings. The summed E-state index contributed by atoms with van der Waals surface area (Å²) in [7, 11) is 0. The molecule has 0 aliphatic heterocycles.